The number of nitrogens with zero attached hydrogens (tertiary/aromatic N) is 1. The molecular formula is C12H11Cl2N3O. The highest BCUT2D eigenvalue weighted by Gasteiger charge is 2.05. The summed E-state index contributed by atoms with van der Waals surface area (Å²) in [6.45, 7) is 0.524. The van der Waals surface area contributed by atoms with Crippen LogP contribution in [0.15, 0.2) is 30.7 Å². The van der Waals surface area contributed by atoms with Crippen LogP contribution in [0.1, 0.15) is 16.1 Å². The predicted octanol–water partition coefficient (Wildman–Crippen LogP) is 2.69. The van der Waals surface area contributed by atoms with E-state index in [0.29, 0.717) is 28.7 Å². The van der Waals surface area contributed by atoms with E-state index in [1.807, 2.05) is 6.07 Å². The Bertz CT molecular complexity index is 540. The topological polar surface area (TPSA) is 57.8 Å². The number of aromatic amines is 1. The first kappa shape index (κ1) is 12.9. The fourth-order valence-corrected chi connectivity index (χ4v) is 1.81. The molecule has 2 rings (SSSR count). The van der Waals surface area contributed by atoms with Crippen molar-refractivity contribution in [1.82, 2.24) is 15.3 Å². The molecule has 1 aromatic carbocycles. The van der Waals surface area contributed by atoms with Crippen molar-refractivity contribution in [3.8, 4) is 0 Å². The summed E-state index contributed by atoms with van der Waals surface area (Å²) in [6, 6.07) is 5.43. The second kappa shape index (κ2) is 5.89. The van der Waals surface area contributed by atoms with Gasteiger partial charge in [0.05, 0.1) is 22.6 Å². The molecule has 1 amide bonds. The van der Waals surface area contributed by atoms with Gasteiger partial charge in [-0.1, -0.05) is 29.3 Å². The minimum atomic E-state index is -0.174. The number of nitrogens with one attached hydrogen (secondary N) is 2. The van der Waals surface area contributed by atoms with Gasteiger partial charge in [0, 0.05) is 6.54 Å². The van der Waals surface area contributed by atoms with Crippen LogP contribution in [-0.2, 0) is 6.42 Å². The molecule has 0 radical (unpaired) electrons. The van der Waals surface area contributed by atoms with E-state index >= 15 is 0 Å². The van der Waals surface area contributed by atoms with Gasteiger partial charge in [-0.2, -0.15) is 0 Å². The minimum absolute atomic E-state index is 0.174. The van der Waals surface area contributed by atoms with Crippen LogP contribution >= 0.6 is 23.2 Å². The molecule has 6 heteroatoms. The molecule has 0 saturated heterocycles. The van der Waals surface area contributed by atoms with Crippen molar-refractivity contribution in [1.29, 1.82) is 0 Å². The van der Waals surface area contributed by atoms with E-state index in [-0.39, 0.29) is 5.91 Å². The standard InChI is InChI=1S/C12H11Cl2N3O/c13-9-2-1-8(5-10(9)14)3-4-16-12(18)11-6-15-7-17-11/h1-2,5-7H,3-4H2,(H,15,17)(H,16,18). The molecule has 0 bridgehead atoms. The lowest BCUT2D eigenvalue weighted by Crippen LogP contribution is -2.25. The zero-order valence-electron chi connectivity index (χ0n) is 9.41. The Morgan fingerprint density at radius 3 is 2.83 bits per heavy atom. The summed E-state index contributed by atoms with van der Waals surface area (Å²) in [5, 5.41) is 3.83. The van der Waals surface area contributed by atoms with Crippen LogP contribution in [0.3, 0.4) is 0 Å². The van der Waals surface area contributed by atoms with E-state index in [4.69, 9.17) is 23.2 Å². The van der Waals surface area contributed by atoms with Gasteiger partial charge in [0.2, 0.25) is 0 Å². The van der Waals surface area contributed by atoms with Crippen molar-refractivity contribution in [2.75, 3.05) is 6.54 Å². The Morgan fingerprint density at radius 2 is 2.17 bits per heavy atom. The van der Waals surface area contributed by atoms with E-state index < -0.39 is 0 Å². The Hall–Kier alpha value is -1.52. The molecular weight excluding hydrogens is 273 g/mol. The third-order valence-electron chi connectivity index (χ3n) is 2.43. The molecule has 0 aliphatic heterocycles. The van der Waals surface area contributed by atoms with Crippen LogP contribution in [0.2, 0.25) is 10.0 Å². The Kier molecular flexibility index (Phi) is 4.23. The minimum Gasteiger partial charge on any atom is -0.350 e. The van der Waals surface area contributed by atoms with Gasteiger partial charge in [-0.25, -0.2) is 4.98 Å². The van der Waals surface area contributed by atoms with Crippen molar-refractivity contribution < 1.29 is 4.79 Å². The van der Waals surface area contributed by atoms with Crippen molar-refractivity contribution in [2.45, 2.75) is 6.42 Å². The Morgan fingerprint density at radius 1 is 1.33 bits per heavy atom. The molecule has 94 valence electrons. The summed E-state index contributed by atoms with van der Waals surface area (Å²) in [7, 11) is 0. The molecule has 0 aliphatic carbocycles. The number of aromatic nitrogens is 2. The first-order valence-corrected chi connectivity index (χ1v) is 6.13. The van der Waals surface area contributed by atoms with Crippen molar-refractivity contribution in [3.63, 3.8) is 0 Å². The first-order chi connectivity index (χ1) is 8.66. The van der Waals surface area contributed by atoms with Crippen LogP contribution in [0.4, 0.5) is 0 Å². The second-order valence-corrected chi connectivity index (χ2v) is 4.53. The smallest absolute Gasteiger partial charge is 0.269 e. The van der Waals surface area contributed by atoms with Crippen LogP contribution < -0.4 is 5.32 Å². The van der Waals surface area contributed by atoms with Gasteiger partial charge in [0.15, 0.2) is 0 Å². The molecule has 0 saturated carbocycles. The van der Waals surface area contributed by atoms with E-state index in [1.165, 1.54) is 12.5 Å². The Balaban J connectivity index is 1.85. The molecule has 18 heavy (non-hydrogen) atoms. The van der Waals surface area contributed by atoms with E-state index in [2.05, 4.69) is 15.3 Å². The SMILES string of the molecule is O=C(NCCc1ccc(Cl)c(Cl)c1)c1cnc[nH]1. The number of hydrogen-bond acceptors (Lipinski definition) is 2. The van der Waals surface area contributed by atoms with Gasteiger partial charge in [-0.15, -0.1) is 0 Å². The quantitative estimate of drug-likeness (QED) is 0.906. The number of amides is 1. The number of H-pyrrole nitrogens is 1. The van der Waals surface area contributed by atoms with Gasteiger partial charge in [0.1, 0.15) is 5.69 Å². The maximum atomic E-state index is 11.6. The largest absolute Gasteiger partial charge is 0.350 e. The van der Waals surface area contributed by atoms with Crippen LogP contribution in [-0.4, -0.2) is 22.4 Å². The van der Waals surface area contributed by atoms with Crippen LogP contribution in [0.25, 0.3) is 0 Å². The zero-order chi connectivity index (χ0) is 13.0. The number of hydrogen-bond donors (Lipinski definition) is 2. The molecule has 2 aromatic rings. The summed E-state index contributed by atoms with van der Waals surface area (Å²) in [4.78, 5) is 18.1. The summed E-state index contributed by atoms with van der Waals surface area (Å²) >= 11 is 11.7. The third-order valence-corrected chi connectivity index (χ3v) is 3.17. The highest BCUT2D eigenvalue weighted by atomic mass is 35.5. The molecule has 4 nitrogen and oxygen atoms in total. The normalized spacial score (nSPS) is 10.3. The summed E-state index contributed by atoms with van der Waals surface area (Å²) in [6.07, 6.45) is 3.64. The van der Waals surface area contributed by atoms with Gasteiger partial charge >= 0.3 is 0 Å². The fourth-order valence-electron chi connectivity index (χ4n) is 1.49. The molecule has 0 fully saturated rings. The van der Waals surface area contributed by atoms with E-state index in [9.17, 15) is 4.79 Å². The van der Waals surface area contributed by atoms with Gasteiger partial charge < -0.3 is 10.3 Å². The number of imidazole rings is 1. The maximum absolute atomic E-state index is 11.6. The lowest BCUT2D eigenvalue weighted by Gasteiger charge is -2.05. The van der Waals surface area contributed by atoms with Gasteiger partial charge in [-0.3, -0.25) is 4.79 Å². The van der Waals surface area contributed by atoms with Crippen molar-refractivity contribution in [2.24, 2.45) is 0 Å². The van der Waals surface area contributed by atoms with Gasteiger partial charge in [-0.05, 0) is 24.1 Å². The van der Waals surface area contributed by atoms with Crippen LogP contribution in [0.5, 0.6) is 0 Å². The summed E-state index contributed by atoms with van der Waals surface area (Å²) < 4.78 is 0. The monoisotopic (exact) mass is 283 g/mol. The third kappa shape index (κ3) is 3.24. The second-order valence-electron chi connectivity index (χ2n) is 3.72. The first-order valence-electron chi connectivity index (χ1n) is 5.37. The molecule has 0 spiro atoms. The molecule has 0 unspecified atom stereocenters. The van der Waals surface area contributed by atoms with Crippen LogP contribution in [0, 0.1) is 0 Å². The van der Waals surface area contributed by atoms with E-state index in [0.717, 1.165) is 5.56 Å². The van der Waals surface area contributed by atoms with Gasteiger partial charge in [0.25, 0.3) is 5.91 Å². The summed E-state index contributed by atoms with van der Waals surface area (Å²) in [5.41, 5.74) is 1.47. The van der Waals surface area contributed by atoms with Crippen molar-refractivity contribution in [3.05, 3.63) is 52.0 Å². The fraction of sp³-hybridized carbons (Fsp3) is 0.167. The molecule has 2 N–H and O–H groups in total. The lowest BCUT2D eigenvalue weighted by molar-refractivity contribution is 0.0949. The number of halogens is 2. The number of carbonyl (C=O) groups excluding carboxylic acids is 1. The zero-order valence-corrected chi connectivity index (χ0v) is 10.9. The number of benzene rings is 1. The maximum Gasteiger partial charge on any atom is 0.269 e. The number of carbonyl (C=O) groups is 1. The predicted molar refractivity (Wildman–Crippen MR) is 71.1 cm³/mol. The highest BCUT2D eigenvalue weighted by molar-refractivity contribution is 6.42. The lowest BCUT2D eigenvalue weighted by atomic mass is 10.1. The molecule has 0 atom stereocenters. The summed E-state index contributed by atoms with van der Waals surface area (Å²) in [5.74, 6) is -0.174. The average molecular weight is 284 g/mol. The molecule has 0 aliphatic rings. The highest BCUT2D eigenvalue weighted by Crippen LogP contribution is 2.22. The molecule has 1 aromatic heterocycles. The van der Waals surface area contributed by atoms with Crippen molar-refractivity contribution >= 4 is 29.1 Å². The Labute approximate surface area is 114 Å². The number of rotatable bonds is 4. The average Bonchev–Trinajstić information content (AvgIpc) is 2.87. The molecule has 1 heterocycles. The van der Waals surface area contributed by atoms with E-state index in [1.54, 1.807) is 12.1 Å².